The van der Waals surface area contributed by atoms with Crippen molar-refractivity contribution in [1.82, 2.24) is 0 Å². The van der Waals surface area contributed by atoms with E-state index in [4.69, 9.17) is 5.73 Å². The van der Waals surface area contributed by atoms with E-state index in [1.54, 1.807) is 6.92 Å². The van der Waals surface area contributed by atoms with E-state index in [0.717, 1.165) is 32.2 Å². The summed E-state index contributed by atoms with van der Waals surface area (Å²) >= 11 is 1.81. The number of hydrogen-bond acceptors (Lipinski definition) is 4. The van der Waals surface area contributed by atoms with Crippen molar-refractivity contribution in [2.45, 2.75) is 56.9 Å². The number of pyridine rings is 1. The third kappa shape index (κ3) is 7.24. The van der Waals surface area contributed by atoms with Crippen LogP contribution in [0.25, 0.3) is 6.08 Å². The highest BCUT2D eigenvalue weighted by Gasteiger charge is 2.21. The van der Waals surface area contributed by atoms with Crippen LogP contribution < -0.4 is 15.2 Å². The number of anilines is 1. The predicted octanol–water partition coefficient (Wildman–Crippen LogP) is 4.80. The van der Waals surface area contributed by atoms with Crippen LogP contribution in [0.3, 0.4) is 0 Å². The zero-order chi connectivity index (χ0) is 22.1. The monoisotopic (exact) mass is 437 g/mol. The van der Waals surface area contributed by atoms with Crippen LogP contribution in [-0.4, -0.2) is 25.2 Å². The number of amidine groups is 1. The lowest BCUT2D eigenvalue weighted by Crippen LogP contribution is -2.32. The van der Waals surface area contributed by atoms with Crippen molar-refractivity contribution in [3.05, 3.63) is 59.4 Å². The Bertz CT molecular complexity index is 933. The summed E-state index contributed by atoms with van der Waals surface area (Å²) in [5.74, 6) is 0.928. The van der Waals surface area contributed by atoms with Crippen LogP contribution >= 0.6 is 11.8 Å². The summed E-state index contributed by atoms with van der Waals surface area (Å²) < 4.78 is 2.22. The van der Waals surface area contributed by atoms with Gasteiger partial charge in [-0.25, -0.2) is 4.57 Å². The number of nitrogens with zero attached hydrogens (tertiary/aromatic N) is 3. The number of unbranched alkanes of at least 4 members (excludes halogenated alkanes) is 2. The van der Waals surface area contributed by atoms with Crippen LogP contribution in [0.2, 0.25) is 0 Å². The summed E-state index contributed by atoms with van der Waals surface area (Å²) in [7, 11) is 2.12. The van der Waals surface area contributed by atoms with Gasteiger partial charge in [-0.2, -0.15) is 0 Å². The Hall–Kier alpha value is -2.60. The van der Waals surface area contributed by atoms with E-state index < -0.39 is 0 Å². The molecule has 0 spiro atoms. The second kappa shape index (κ2) is 11.7. The van der Waals surface area contributed by atoms with Crippen molar-refractivity contribution in [3.63, 3.8) is 0 Å². The summed E-state index contributed by atoms with van der Waals surface area (Å²) in [5.41, 5.74) is 7.97. The maximum atomic E-state index is 11.9. The summed E-state index contributed by atoms with van der Waals surface area (Å²) in [6.07, 6.45) is 11.7. The molecule has 0 amide bonds. The van der Waals surface area contributed by atoms with Gasteiger partial charge in [0, 0.05) is 49.9 Å². The highest BCUT2D eigenvalue weighted by Crippen LogP contribution is 2.45. The van der Waals surface area contributed by atoms with E-state index in [2.05, 4.69) is 76.4 Å². The first-order valence-electron chi connectivity index (χ1n) is 11.0. The third-order valence-electron chi connectivity index (χ3n) is 5.33. The maximum absolute atomic E-state index is 11.9. The van der Waals surface area contributed by atoms with E-state index >= 15 is 0 Å². The number of para-hydroxylation sites is 1. The number of ketones is 1. The molecule has 1 aromatic carbocycles. The standard InChI is InChI=1S/C25H33N4OS/c1-20(26)27-15-8-10-22(30)9-4-3-7-16-29-17-13-21(14-18-29)19-25-28(2)23-11-5-6-12-24(23)31-25/h5-6,11-14,17-19H,3-4,7-10,15-16H2,1-2H3,(H2,26,27)/q+1. The van der Waals surface area contributed by atoms with Gasteiger partial charge in [0.2, 0.25) is 0 Å². The zero-order valence-corrected chi connectivity index (χ0v) is 19.4. The normalized spacial score (nSPS) is 14.8. The molecule has 0 unspecified atom stereocenters. The molecule has 0 atom stereocenters. The number of aryl methyl sites for hydroxylation is 1. The van der Waals surface area contributed by atoms with E-state index in [9.17, 15) is 4.79 Å². The number of hydrogen-bond donors (Lipinski definition) is 1. The Kier molecular flexibility index (Phi) is 8.71. The average molecular weight is 438 g/mol. The van der Waals surface area contributed by atoms with Gasteiger partial charge < -0.3 is 10.6 Å². The highest BCUT2D eigenvalue weighted by atomic mass is 32.2. The van der Waals surface area contributed by atoms with Gasteiger partial charge in [0.05, 0.1) is 16.6 Å². The first kappa shape index (κ1) is 23.1. The molecule has 0 fully saturated rings. The van der Waals surface area contributed by atoms with Crippen molar-refractivity contribution in [1.29, 1.82) is 0 Å². The lowest BCUT2D eigenvalue weighted by atomic mass is 10.1. The second-order valence-electron chi connectivity index (χ2n) is 7.96. The quantitative estimate of drug-likeness (QED) is 0.237. The predicted molar refractivity (Wildman–Crippen MR) is 130 cm³/mol. The van der Waals surface area contributed by atoms with E-state index in [1.807, 2.05) is 11.8 Å². The number of rotatable bonds is 11. The Morgan fingerprint density at radius 2 is 1.84 bits per heavy atom. The van der Waals surface area contributed by atoms with E-state index in [0.29, 0.717) is 31.0 Å². The molecule has 6 heteroatoms. The van der Waals surface area contributed by atoms with Gasteiger partial charge in [-0.15, -0.1) is 0 Å². The van der Waals surface area contributed by atoms with Crippen LogP contribution in [0.5, 0.6) is 0 Å². The first-order chi connectivity index (χ1) is 15.0. The fraction of sp³-hybridized carbons (Fsp3) is 0.400. The van der Waals surface area contributed by atoms with Crippen molar-refractivity contribution >= 4 is 35.1 Å². The highest BCUT2D eigenvalue weighted by molar-refractivity contribution is 8.03. The molecular formula is C25H33N4OS+. The fourth-order valence-electron chi connectivity index (χ4n) is 3.55. The molecule has 5 nitrogen and oxygen atoms in total. The number of thioether (sulfide) groups is 1. The third-order valence-corrected chi connectivity index (χ3v) is 6.49. The number of carbonyl (C=O) groups excluding carboxylic acids is 1. The fourth-order valence-corrected chi connectivity index (χ4v) is 4.67. The lowest BCUT2D eigenvalue weighted by Gasteiger charge is -2.13. The summed E-state index contributed by atoms with van der Waals surface area (Å²) in [5, 5.41) is 1.24. The molecule has 1 aromatic heterocycles. The van der Waals surface area contributed by atoms with Gasteiger partial charge in [-0.3, -0.25) is 9.79 Å². The molecule has 164 valence electrons. The average Bonchev–Trinajstić information content (AvgIpc) is 3.07. The zero-order valence-electron chi connectivity index (χ0n) is 18.6. The van der Waals surface area contributed by atoms with Crippen molar-refractivity contribution < 1.29 is 9.36 Å². The second-order valence-corrected chi connectivity index (χ2v) is 9.02. The molecule has 2 N–H and O–H groups in total. The number of Topliss-reactive ketones (excluding diaryl/α,β-unsaturated/α-hetero) is 1. The molecule has 0 saturated heterocycles. The van der Waals surface area contributed by atoms with Crippen LogP contribution in [-0.2, 0) is 11.3 Å². The Labute approximate surface area is 190 Å². The molecule has 0 bridgehead atoms. The molecule has 2 heterocycles. The summed E-state index contributed by atoms with van der Waals surface area (Å²) in [4.78, 5) is 19.6. The van der Waals surface area contributed by atoms with Gasteiger partial charge >= 0.3 is 0 Å². The van der Waals surface area contributed by atoms with Gasteiger partial charge in [0.15, 0.2) is 12.4 Å². The van der Waals surface area contributed by atoms with Crippen LogP contribution in [0.1, 0.15) is 51.0 Å². The molecule has 0 aliphatic carbocycles. The van der Waals surface area contributed by atoms with Crippen molar-refractivity contribution in [2.24, 2.45) is 10.7 Å². The molecule has 1 aliphatic rings. The Balaban J connectivity index is 1.36. The van der Waals surface area contributed by atoms with Gasteiger partial charge in [-0.1, -0.05) is 23.9 Å². The van der Waals surface area contributed by atoms with Gasteiger partial charge in [0.25, 0.3) is 0 Å². The first-order valence-corrected chi connectivity index (χ1v) is 11.8. The molecule has 0 radical (unpaired) electrons. The van der Waals surface area contributed by atoms with Crippen LogP contribution in [0.4, 0.5) is 5.69 Å². The SMILES string of the molecule is CC(N)=NCCCC(=O)CCCCC[n+]1ccc(C=C2Sc3ccccc3N2C)cc1. The smallest absolute Gasteiger partial charge is 0.169 e. The number of carbonyl (C=O) groups is 1. The summed E-state index contributed by atoms with van der Waals surface area (Å²) in [6, 6.07) is 12.8. The molecule has 31 heavy (non-hydrogen) atoms. The lowest BCUT2D eigenvalue weighted by molar-refractivity contribution is -0.697. The number of benzene rings is 1. The number of nitrogens with two attached hydrogens (primary N) is 1. The Morgan fingerprint density at radius 3 is 2.58 bits per heavy atom. The minimum atomic E-state index is 0.340. The van der Waals surface area contributed by atoms with Crippen LogP contribution in [0.15, 0.2) is 63.7 Å². The minimum Gasteiger partial charge on any atom is -0.388 e. The van der Waals surface area contributed by atoms with E-state index in [-0.39, 0.29) is 0 Å². The summed E-state index contributed by atoms with van der Waals surface area (Å²) in [6.45, 7) is 3.41. The van der Waals surface area contributed by atoms with E-state index in [1.165, 1.54) is 21.2 Å². The topological polar surface area (TPSA) is 62.6 Å². The minimum absolute atomic E-state index is 0.340. The maximum Gasteiger partial charge on any atom is 0.169 e. The van der Waals surface area contributed by atoms with Gasteiger partial charge in [0.1, 0.15) is 12.3 Å². The van der Waals surface area contributed by atoms with Crippen molar-refractivity contribution in [2.75, 3.05) is 18.5 Å². The molecule has 1 aliphatic heterocycles. The van der Waals surface area contributed by atoms with Crippen molar-refractivity contribution in [3.8, 4) is 0 Å². The number of fused-ring (bicyclic) bond motifs is 1. The molecule has 2 aromatic rings. The molecule has 0 saturated carbocycles. The largest absolute Gasteiger partial charge is 0.388 e. The van der Waals surface area contributed by atoms with Gasteiger partial charge in [-0.05, 0) is 50.0 Å². The molecular weight excluding hydrogens is 404 g/mol. The molecule has 3 rings (SSSR count). The Morgan fingerprint density at radius 1 is 1.10 bits per heavy atom. The number of aliphatic imine (C=N–C) groups is 1. The number of aromatic nitrogens is 1. The van der Waals surface area contributed by atoms with Crippen LogP contribution in [0, 0.1) is 0 Å².